The fourth-order valence-corrected chi connectivity index (χ4v) is 2.49. The van der Waals surface area contributed by atoms with E-state index in [0.29, 0.717) is 11.3 Å². The summed E-state index contributed by atoms with van der Waals surface area (Å²) in [6, 6.07) is 3.54. The molecule has 0 aliphatic heterocycles. The van der Waals surface area contributed by atoms with E-state index in [9.17, 15) is 18.0 Å². The number of methoxy groups -OCH3 is 2. The summed E-state index contributed by atoms with van der Waals surface area (Å²) in [5, 5.41) is -0.510. The van der Waals surface area contributed by atoms with E-state index in [4.69, 9.17) is 21.1 Å². The zero-order valence-electron chi connectivity index (χ0n) is 13.0. The molecule has 0 spiro atoms. The third kappa shape index (κ3) is 3.31. The van der Waals surface area contributed by atoms with E-state index < -0.39 is 28.2 Å². The molecule has 0 saturated heterocycles. The summed E-state index contributed by atoms with van der Waals surface area (Å²) < 4.78 is 49.8. The molecule has 0 N–H and O–H groups in total. The topological polar surface area (TPSA) is 48.4 Å². The second kappa shape index (κ2) is 6.68. The number of aromatic nitrogens is 1. The maximum atomic E-state index is 13.2. The summed E-state index contributed by atoms with van der Waals surface area (Å²) in [6.45, 7) is 1.58. The normalized spacial score (nSPS) is 11.3. The van der Waals surface area contributed by atoms with E-state index in [-0.39, 0.29) is 11.3 Å². The molecule has 0 saturated carbocycles. The Morgan fingerprint density at radius 2 is 1.75 bits per heavy atom. The van der Waals surface area contributed by atoms with Crippen molar-refractivity contribution in [1.29, 1.82) is 0 Å². The zero-order valence-corrected chi connectivity index (χ0v) is 13.7. The number of ether oxygens (including phenoxy) is 2. The standard InChI is InChI=1S/C16H13ClF3NO3/c1-8-6-11(23-2)12(24-3)7-9(8)14(22)13-10(16(18,19)20)4-5-21-15(13)17/h4-7H,1-3H3. The molecule has 0 atom stereocenters. The van der Waals surface area contributed by atoms with Crippen LogP contribution in [0.1, 0.15) is 27.0 Å². The van der Waals surface area contributed by atoms with Crippen LogP contribution in [-0.2, 0) is 6.18 Å². The Bertz CT molecular complexity index is 791. The van der Waals surface area contributed by atoms with Gasteiger partial charge in [-0.25, -0.2) is 4.98 Å². The number of alkyl halides is 3. The average Bonchev–Trinajstić information content (AvgIpc) is 2.52. The van der Waals surface area contributed by atoms with E-state index in [1.807, 2.05) is 0 Å². The van der Waals surface area contributed by atoms with Crippen molar-refractivity contribution in [1.82, 2.24) is 4.98 Å². The van der Waals surface area contributed by atoms with Crippen LogP contribution in [-0.4, -0.2) is 25.0 Å². The predicted octanol–water partition coefficient (Wildman–Crippen LogP) is 4.31. The molecule has 1 heterocycles. The van der Waals surface area contributed by atoms with Crippen LogP contribution in [0, 0.1) is 6.92 Å². The molecule has 0 amide bonds. The minimum absolute atomic E-state index is 0.0213. The molecule has 4 nitrogen and oxygen atoms in total. The van der Waals surface area contributed by atoms with Gasteiger partial charge < -0.3 is 9.47 Å². The summed E-state index contributed by atoms with van der Waals surface area (Å²) in [6.07, 6.45) is -3.83. The van der Waals surface area contributed by atoms with E-state index in [2.05, 4.69) is 4.98 Å². The van der Waals surface area contributed by atoms with Crippen molar-refractivity contribution in [2.24, 2.45) is 0 Å². The highest BCUT2D eigenvalue weighted by molar-refractivity contribution is 6.34. The molecule has 24 heavy (non-hydrogen) atoms. The van der Waals surface area contributed by atoms with Crippen LogP contribution in [0.2, 0.25) is 5.15 Å². The Balaban J connectivity index is 2.67. The zero-order chi connectivity index (χ0) is 18.1. The first-order valence-corrected chi connectivity index (χ1v) is 7.07. The van der Waals surface area contributed by atoms with Crippen LogP contribution in [0.25, 0.3) is 0 Å². The molecular weight excluding hydrogens is 347 g/mol. The number of carbonyl (C=O) groups excluding carboxylic acids is 1. The van der Waals surface area contributed by atoms with E-state index in [0.717, 1.165) is 12.3 Å². The highest BCUT2D eigenvalue weighted by Gasteiger charge is 2.37. The van der Waals surface area contributed by atoms with Crippen LogP contribution in [0.4, 0.5) is 13.2 Å². The molecule has 0 aliphatic rings. The average molecular weight is 360 g/mol. The Hall–Kier alpha value is -2.28. The lowest BCUT2D eigenvalue weighted by Gasteiger charge is -2.15. The van der Waals surface area contributed by atoms with Crippen molar-refractivity contribution in [3.63, 3.8) is 0 Å². The lowest BCUT2D eigenvalue weighted by atomic mass is 9.96. The number of halogens is 4. The number of pyridine rings is 1. The first-order chi connectivity index (χ1) is 11.2. The number of aryl methyl sites for hydroxylation is 1. The highest BCUT2D eigenvalue weighted by Crippen LogP contribution is 2.37. The van der Waals surface area contributed by atoms with Crippen molar-refractivity contribution in [2.75, 3.05) is 14.2 Å². The molecule has 0 fully saturated rings. The molecule has 2 rings (SSSR count). The van der Waals surface area contributed by atoms with Crippen molar-refractivity contribution in [3.8, 4) is 11.5 Å². The van der Waals surface area contributed by atoms with Gasteiger partial charge >= 0.3 is 6.18 Å². The number of rotatable bonds is 4. The maximum absolute atomic E-state index is 13.2. The number of carbonyl (C=O) groups is 1. The molecule has 1 aromatic carbocycles. The molecule has 0 unspecified atom stereocenters. The third-order valence-electron chi connectivity index (χ3n) is 3.41. The molecule has 0 radical (unpaired) electrons. The Morgan fingerprint density at radius 3 is 2.29 bits per heavy atom. The quantitative estimate of drug-likeness (QED) is 0.603. The van der Waals surface area contributed by atoms with Crippen LogP contribution < -0.4 is 9.47 Å². The van der Waals surface area contributed by atoms with Crippen molar-refractivity contribution >= 4 is 17.4 Å². The second-order valence-corrected chi connectivity index (χ2v) is 5.23. The van der Waals surface area contributed by atoms with Crippen LogP contribution in [0.3, 0.4) is 0 Å². The number of hydrogen-bond acceptors (Lipinski definition) is 4. The molecule has 128 valence electrons. The first kappa shape index (κ1) is 18.1. The number of hydrogen-bond donors (Lipinski definition) is 0. The Labute approximate surface area is 141 Å². The van der Waals surface area contributed by atoms with Crippen LogP contribution >= 0.6 is 11.6 Å². The molecule has 1 aromatic heterocycles. The number of nitrogens with zero attached hydrogens (tertiary/aromatic N) is 1. The number of benzene rings is 1. The minimum Gasteiger partial charge on any atom is -0.493 e. The number of ketones is 1. The van der Waals surface area contributed by atoms with E-state index >= 15 is 0 Å². The summed E-state index contributed by atoms with van der Waals surface area (Å²) in [4.78, 5) is 16.3. The van der Waals surface area contributed by atoms with Crippen molar-refractivity contribution in [3.05, 3.63) is 51.8 Å². The van der Waals surface area contributed by atoms with Gasteiger partial charge in [-0.2, -0.15) is 13.2 Å². The van der Waals surface area contributed by atoms with Gasteiger partial charge in [0.15, 0.2) is 17.3 Å². The lowest BCUT2D eigenvalue weighted by molar-refractivity contribution is -0.137. The van der Waals surface area contributed by atoms with Gasteiger partial charge in [0.1, 0.15) is 5.15 Å². The third-order valence-corrected chi connectivity index (χ3v) is 3.70. The maximum Gasteiger partial charge on any atom is 0.417 e. The fraction of sp³-hybridized carbons (Fsp3) is 0.250. The Morgan fingerprint density at radius 1 is 1.17 bits per heavy atom. The fourth-order valence-electron chi connectivity index (χ4n) is 2.25. The predicted molar refractivity (Wildman–Crippen MR) is 82.0 cm³/mol. The molecule has 8 heteroatoms. The summed E-state index contributed by atoms with van der Waals surface area (Å²) in [5.74, 6) is -0.307. The van der Waals surface area contributed by atoms with Gasteiger partial charge in [-0.15, -0.1) is 0 Å². The van der Waals surface area contributed by atoms with E-state index in [1.165, 1.54) is 26.4 Å². The summed E-state index contributed by atoms with van der Waals surface area (Å²) in [5.41, 5.74) is -1.39. The minimum atomic E-state index is -4.73. The van der Waals surface area contributed by atoms with Crippen molar-refractivity contribution in [2.45, 2.75) is 13.1 Å². The SMILES string of the molecule is COc1cc(C)c(C(=O)c2c(C(F)(F)F)ccnc2Cl)cc1OC. The van der Waals surface area contributed by atoms with Gasteiger partial charge in [0.05, 0.1) is 25.3 Å². The van der Waals surface area contributed by atoms with Crippen LogP contribution in [0.15, 0.2) is 24.4 Å². The van der Waals surface area contributed by atoms with Gasteiger partial charge in [-0.05, 0) is 30.7 Å². The second-order valence-electron chi connectivity index (χ2n) is 4.87. The van der Waals surface area contributed by atoms with Gasteiger partial charge in [-0.3, -0.25) is 4.79 Å². The molecular formula is C16H13ClF3NO3. The van der Waals surface area contributed by atoms with Gasteiger partial charge in [0.2, 0.25) is 0 Å². The Kier molecular flexibility index (Phi) is 5.03. The van der Waals surface area contributed by atoms with E-state index in [1.54, 1.807) is 6.92 Å². The summed E-state index contributed by atoms with van der Waals surface area (Å²) in [7, 11) is 2.78. The first-order valence-electron chi connectivity index (χ1n) is 6.69. The van der Waals surface area contributed by atoms with Crippen molar-refractivity contribution < 1.29 is 27.4 Å². The molecule has 2 aromatic rings. The lowest BCUT2D eigenvalue weighted by Crippen LogP contribution is -2.16. The van der Waals surface area contributed by atoms with Crippen LogP contribution in [0.5, 0.6) is 11.5 Å². The highest BCUT2D eigenvalue weighted by atomic mass is 35.5. The monoisotopic (exact) mass is 359 g/mol. The van der Waals surface area contributed by atoms with Gasteiger partial charge in [-0.1, -0.05) is 11.6 Å². The molecule has 0 aliphatic carbocycles. The smallest absolute Gasteiger partial charge is 0.417 e. The molecule has 0 bridgehead atoms. The largest absolute Gasteiger partial charge is 0.493 e. The summed E-state index contributed by atoms with van der Waals surface area (Å²) >= 11 is 5.78. The van der Waals surface area contributed by atoms with Gasteiger partial charge in [0, 0.05) is 11.8 Å². The van der Waals surface area contributed by atoms with Gasteiger partial charge in [0.25, 0.3) is 0 Å².